The molecule has 26 heavy (non-hydrogen) atoms. The van der Waals surface area contributed by atoms with E-state index < -0.39 is 0 Å². The summed E-state index contributed by atoms with van der Waals surface area (Å²) in [5.74, 6) is -0.0924. The van der Waals surface area contributed by atoms with Crippen LogP contribution >= 0.6 is 11.3 Å². The first-order chi connectivity index (χ1) is 12.6. The van der Waals surface area contributed by atoms with Crippen molar-refractivity contribution in [3.63, 3.8) is 0 Å². The standard InChI is InChI=1S/C17H27N7OS/c1-4-22-10-12-23(13-11-22)16-19-20-17(26-16)24-8-5-6-14(24)15(25)18-7-9-21(2)3/h5-6,8H,4,7,9-13H2,1-3H3,(H,18,25). The summed E-state index contributed by atoms with van der Waals surface area (Å²) < 4.78 is 1.81. The molecule has 8 nitrogen and oxygen atoms in total. The van der Waals surface area contributed by atoms with Gasteiger partial charge < -0.3 is 20.0 Å². The number of nitrogens with one attached hydrogen (secondary N) is 1. The van der Waals surface area contributed by atoms with Crippen LogP contribution in [0.3, 0.4) is 0 Å². The highest BCUT2D eigenvalue weighted by atomic mass is 32.1. The summed E-state index contributed by atoms with van der Waals surface area (Å²) in [5.41, 5.74) is 0.585. The predicted octanol–water partition coefficient (Wildman–Crippen LogP) is 0.762. The van der Waals surface area contributed by atoms with Gasteiger partial charge >= 0.3 is 0 Å². The SMILES string of the molecule is CCN1CCN(c2nnc(-n3cccc3C(=O)NCCN(C)C)s2)CC1. The maximum Gasteiger partial charge on any atom is 0.268 e. The number of carbonyl (C=O) groups excluding carboxylic acids is 1. The smallest absolute Gasteiger partial charge is 0.268 e. The van der Waals surface area contributed by atoms with E-state index in [1.54, 1.807) is 0 Å². The van der Waals surface area contributed by atoms with Crippen LogP contribution in [0.15, 0.2) is 18.3 Å². The molecule has 0 atom stereocenters. The number of amides is 1. The van der Waals surface area contributed by atoms with Gasteiger partial charge in [0, 0.05) is 45.5 Å². The van der Waals surface area contributed by atoms with Crippen LogP contribution in [-0.4, -0.2) is 90.4 Å². The maximum atomic E-state index is 12.4. The van der Waals surface area contributed by atoms with Crippen molar-refractivity contribution in [1.82, 2.24) is 29.9 Å². The minimum absolute atomic E-state index is 0.0924. The van der Waals surface area contributed by atoms with Crippen molar-refractivity contribution < 1.29 is 4.79 Å². The average molecular weight is 378 g/mol. The fourth-order valence-electron chi connectivity index (χ4n) is 2.90. The Morgan fingerprint density at radius 2 is 1.96 bits per heavy atom. The van der Waals surface area contributed by atoms with Gasteiger partial charge in [0.1, 0.15) is 5.69 Å². The Labute approximate surface area is 158 Å². The van der Waals surface area contributed by atoms with E-state index in [0.717, 1.165) is 49.5 Å². The summed E-state index contributed by atoms with van der Waals surface area (Å²) in [5, 5.41) is 13.3. The zero-order chi connectivity index (χ0) is 18.5. The topological polar surface area (TPSA) is 69.5 Å². The summed E-state index contributed by atoms with van der Waals surface area (Å²) in [6, 6.07) is 3.67. The van der Waals surface area contributed by atoms with Gasteiger partial charge in [-0.05, 0) is 32.8 Å². The monoisotopic (exact) mass is 377 g/mol. The number of nitrogens with zero attached hydrogens (tertiary/aromatic N) is 6. The molecule has 1 fully saturated rings. The number of rotatable bonds is 7. The van der Waals surface area contributed by atoms with E-state index in [-0.39, 0.29) is 5.91 Å². The fraction of sp³-hybridized carbons (Fsp3) is 0.588. The Kier molecular flexibility index (Phi) is 6.23. The zero-order valence-electron chi connectivity index (χ0n) is 15.7. The second-order valence-corrected chi connectivity index (χ2v) is 7.55. The molecule has 0 saturated carbocycles. The van der Waals surface area contributed by atoms with Crippen molar-refractivity contribution >= 4 is 22.4 Å². The minimum atomic E-state index is -0.0924. The highest BCUT2D eigenvalue weighted by molar-refractivity contribution is 7.17. The number of hydrogen-bond acceptors (Lipinski definition) is 7. The molecule has 1 amide bonds. The molecular weight excluding hydrogens is 350 g/mol. The summed E-state index contributed by atoms with van der Waals surface area (Å²) in [4.78, 5) is 19.2. The zero-order valence-corrected chi connectivity index (χ0v) is 16.5. The van der Waals surface area contributed by atoms with Crippen LogP contribution in [0, 0.1) is 0 Å². The Hall–Kier alpha value is -1.97. The normalized spacial score (nSPS) is 15.6. The fourth-order valence-corrected chi connectivity index (χ4v) is 3.80. The Morgan fingerprint density at radius 1 is 1.23 bits per heavy atom. The second kappa shape index (κ2) is 8.61. The lowest BCUT2D eigenvalue weighted by molar-refractivity contribution is 0.0944. The third-order valence-electron chi connectivity index (χ3n) is 4.53. The molecular formula is C17H27N7OS. The van der Waals surface area contributed by atoms with E-state index in [9.17, 15) is 4.79 Å². The molecule has 3 heterocycles. The van der Waals surface area contributed by atoms with E-state index in [0.29, 0.717) is 12.2 Å². The van der Waals surface area contributed by atoms with Gasteiger partial charge in [0.15, 0.2) is 0 Å². The molecule has 2 aromatic heterocycles. The first-order valence-electron chi connectivity index (χ1n) is 9.00. The van der Waals surface area contributed by atoms with Crippen LogP contribution in [-0.2, 0) is 0 Å². The first-order valence-corrected chi connectivity index (χ1v) is 9.81. The van der Waals surface area contributed by atoms with Gasteiger partial charge in [-0.25, -0.2) is 0 Å². The van der Waals surface area contributed by atoms with Crippen LogP contribution in [0.1, 0.15) is 17.4 Å². The lowest BCUT2D eigenvalue weighted by atomic mass is 10.3. The number of hydrogen-bond donors (Lipinski definition) is 1. The van der Waals surface area contributed by atoms with Crippen molar-refractivity contribution in [2.24, 2.45) is 0 Å². The van der Waals surface area contributed by atoms with Crippen molar-refractivity contribution in [3.8, 4) is 5.13 Å². The summed E-state index contributed by atoms with van der Waals surface area (Å²) in [6.45, 7) is 8.72. The molecule has 0 bridgehead atoms. The summed E-state index contributed by atoms with van der Waals surface area (Å²) >= 11 is 1.53. The van der Waals surface area contributed by atoms with Crippen molar-refractivity contribution in [2.45, 2.75) is 6.92 Å². The van der Waals surface area contributed by atoms with E-state index in [2.05, 4.69) is 32.2 Å². The molecule has 0 spiro atoms. The average Bonchev–Trinajstić information content (AvgIpc) is 3.30. The lowest BCUT2D eigenvalue weighted by Gasteiger charge is -2.33. The Bertz CT molecular complexity index is 718. The number of carbonyl (C=O) groups is 1. The van der Waals surface area contributed by atoms with Crippen LogP contribution in [0.2, 0.25) is 0 Å². The largest absolute Gasteiger partial charge is 0.349 e. The first kappa shape index (κ1) is 18.8. The van der Waals surface area contributed by atoms with Gasteiger partial charge in [-0.15, -0.1) is 10.2 Å². The number of piperazine rings is 1. The third kappa shape index (κ3) is 4.40. The molecule has 0 aromatic carbocycles. The van der Waals surface area contributed by atoms with Crippen molar-refractivity contribution in [3.05, 3.63) is 24.0 Å². The van der Waals surface area contributed by atoms with Gasteiger partial charge in [-0.2, -0.15) is 0 Å². The van der Waals surface area contributed by atoms with Gasteiger partial charge in [0.05, 0.1) is 0 Å². The van der Waals surface area contributed by atoms with Gasteiger partial charge in [0.2, 0.25) is 10.3 Å². The highest BCUT2D eigenvalue weighted by Crippen LogP contribution is 2.25. The van der Waals surface area contributed by atoms with Crippen LogP contribution in [0.4, 0.5) is 5.13 Å². The highest BCUT2D eigenvalue weighted by Gasteiger charge is 2.21. The van der Waals surface area contributed by atoms with Crippen LogP contribution < -0.4 is 10.2 Å². The van der Waals surface area contributed by atoms with Gasteiger partial charge in [-0.1, -0.05) is 18.3 Å². The molecule has 9 heteroatoms. The maximum absolute atomic E-state index is 12.4. The van der Waals surface area contributed by atoms with Gasteiger partial charge in [-0.3, -0.25) is 9.36 Å². The molecule has 3 rings (SSSR count). The Morgan fingerprint density at radius 3 is 2.65 bits per heavy atom. The molecule has 1 N–H and O–H groups in total. The predicted molar refractivity (Wildman–Crippen MR) is 104 cm³/mol. The van der Waals surface area contributed by atoms with Crippen molar-refractivity contribution in [1.29, 1.82) is 0 Å². The Balaban J connectivity index is 1.66. The van der Waals surface area contributed by atoms with E-state index in [4.69, 9.17) is 0 Å². The molecule has 0 unspecified atom stereocenters. The lowest BCUT2D eigenvalue weighted by Crippen LogP contribution is -2.46. The number of anilines is 1. The molecule has 2 aromatic rings. The molecule has 1 aliphatic heterocycles. The number of likely N-dealkylation sites (N-methyl/N-ethyl adjacent to an activating group) is 2. The molecule has 0 aliphatic carbocycles. The molecule has 142 valence electrons. The van der Waals surface area contributed by atoms with E-state index in [1.807, 2.05) is 41.9 Å². The quantitative estimate of drug-likeness (QED) is 0.768. The van der Waals surface area contributed by atoms with Crippen LogP contribution in [0.25, 0.3) is 5.13 Å². The summed E-state index contributed by atoms with van der Waals surface area (Å²) in [7, 11) is 3.97. The number of aromatic nitrogens is 3. The van der Waals surface area contributed by atoms with Crippen LogP contribution in [0.5, 0.6) is 0 Å². The summed E-state index contributed by atoms with van der Waals surface area (Å²) in [6.07, 6.45) is 1.86. The van der Waals surface area contributed by atoms with E-state index >= 15 is 0 Å². The molecule has 0 radical (unpaired) electrons. The minimum Gasteiger partial charge on any atom is -0.349 e. The van der Waals surface area contributed by atoms with Gasteiger partial charge in [0.25, 0.3) is 5.91 Å². The third-order valence-corrected chi connectivity index (χ3v) is 5.51. The molecule has 1 saturated heterocycles. The molecule has 1 aliphatic rings. The van der Waals surface area contributed by atoms with Crippen molar-refractivity contribution in [2.75, 3.05) is 64.8 Å². The second-order valence-electron chi connectivity index (χ2n) is 6.61. The van der Waals surface area contributed by atoms with E-state index in [1.165, 1.54) is 11.3 Å².